The average molecular weight is 1210 g/mol. The average Bonchev–Trinajstić information content (AvgIpc) is 2.52. The molecular weight excluding hydrogens is 1120 g/mol. The number of aryl methyl sites for hydroxylation is 1. The smallest absolute Gasteiger partial charge is 0.246 e. The van der Waals surface area contributed by atoms with E-state index in [1.54, 1.807) is 22.4 Å². The Kier molecular flexibility index (Phi) is 22.2. The molecule has 5 N–H and O–H groups in total. The van der Waals surface area contributed by atoms with Gasteiger partial charge in [0.15, 0.2) is 0 Å². The van der Waals surface area contributed by atoms with Gasteiger partial charge in [0.25, 0.3) is 0 Å². The molecule has 466 valence electrons. The zero-order chi connectivity index (χ0) is 60.7. The molecule has 4 fully saturated rings. The second kappa shape index (κ2) is 30.5. The van der Waals surface area contributed by atoms with Crippen LogP contribution in [0.3, 0.4) is 0 Å². The number of carbonyl (C=O) groups excluding carboxylic acids is 3. The summed E-state index contributed by atoms with van der Waals surface area (Å²) in [4.78, 5) is 64.0. The van der Waals surface area contributed by atoms with Crippen LogP contribution in [0.15, 0.2) is 109 Å². The molecule has 2 aromatic heterocycles. The predicted octanol–water partition coefficient (Wildman–Crippen LogP) is 6.86. The number of nitrogens with one attached hydrogen (secondary N) is 4. The fourth-order valence-corrected chi connectivity index (χ4v) is 12.6. The van der Waals surface area contributed by atoms with E-state index in [9.17, 15) is 19.5 Å². The lowest BCUT2D eigenvalue weighted by atomic mass is 9.85. The van der Waals surface area contributed by atoms with Crippen LogP contribution in [0.1, 0.15) is 75.3 Å². The van der Waals surface area contributed by atoms with E-state index in [2.05, 4.69) is 82.8 Å². The molecule has 3 amide bonds. The van der Waals surface area contributed by atoms with Crippen molar-refractivity contribution >= 4 is 40.7 Å². The lowest BCUT2D eigenvalue weighted by Crippen LogP contribution is -2.57. The summed E-state index contributed by atoms with van der Waals surface area (Å²) in [5, 5.41) is 23.7. The minimum atomic E-state index is -0.832. The van der Waals surface area contributed by atoms with Crippen LogP contribution in [-0.4, -0.2) is 192 Å². The van der Waals surface area contributed by atoms with E-state index >= 15 is 0 Å². The molecule has 87 heavy (non-hydrogen) atoms. The van der Waals surface area contributed by atoms with Gasteiger partial charge in [-0.2, -0.15) is 0 Å². The first-order chi connectivity index (χ1) is 42.1. The number of aromatic nitrogens is 3. The number of hydrogen-bond acceptors (Lipinski definition) is 18. The summed E-state index contributed by atoms with van der Waals surface area (Å²) in [6, 6.07) is 23.2. The molecule has 3 saturated heterocycles. The molecule has 5 aromatic rings. The van der Waals surface area contributed by atoms with Gasteiger partial charge in [-0.3, -0.25) is 24.2 Å². The number of aliphatic hydroxyl groups is 1. The molecule has 20 nitrogen and oxygen atoms in total. The summed E-state index contributed by atoms with van der Waals surface area (Å²) >= 11 is 1.62. The highest BCUT2D eigenvalue weighted by Crippen LogP contribution is 2.32. The van der Waals surface area contributed by atoms with Crippen LogP contribution < -0.4 is 26.0 Å². The fourth-order valence-electron chi connectivity index (χ4n) is 11.8. The predicted molar refractivity (Wildman–Crippen MR) is 336 cm³/mol. The van der Waals surface area contributed by atoms with Gasteiger partial charge < -0.3 is 59.9 Å². The summed E-state index contributed by atoms with van der Waals surface area (Å²) in [5.74, 6) is 0.712. The maximum Gasteiger partial charge on any atom is 0.246 e. The first kappa shape index (κ1) is 63.4. The molecule has 6 heterocycles. The third-order valence-electron chi connectivity index (χ3n) is 16.8. The number of ether oxygens (including phenoxy) is 5. The molecule has 1 aliphatic carbocycles. The molecule has 3 atom stereocenters. The Bertz CT molecular complexity index is 3120. The van der Waals surface area contributed by atoms with E-state index in [4.69, 9.17) is 28.7 Å². The molecule has 1 saturated carbocycles. The zero-order valence-corrected chi connectivity index (χ0v) is 51.7. The van der Waals surface area contributed by atoms with Crippen LogP contribution >= 0.6 is 11.3 Å². The van der Waals surface area contributed by atoms with Gasteiger partial charge in [-0.05, 0) is 85.0 Å². The van der Waals surface area contributed by atoms with Gasteiger partial charge in [-0.15, -0.1) is 11.3 Å². The molecule has 0 spiro atoms. The Balaban J connectivity index is 0.573. The second-order valence-corrected chi connectivity index (χ2v) is 25.4. The van der Waals surface area contributed by atoms with Crippen molar-refractivity contribution in [3.8, 4) is 27.4 Å². The molecule has 3 aromatic carbocycles. The lowest BCUT2D eigenvalue weighted by Gasteiger charge is -2.40. The number of fused-ring (bicyclic) bond motifs is 7. The first-order valence-corrected chi connectivity index (χ1v) is 31.7. The molecule has 10 rings (SSSR count). The third-order valence-corrected chi connectivity index (χ3v) is 17.8. The molecule has 21 heteroatoms. The van der Waals surface area contributed by atoms with Crippen LogP contribution in [0.2, 0.25) is 0 Å². The number of thiazole rings is 1. The van der Waals surface area contributed by atoms with Gasteiger partial charge in [0.2, 0.25) is 23.7 Å². The number of benzene rings is 3. The molecule has 0 unspecified atom stereocenters. The van der Waals surface area contributed by atoms with Gasteiger partial charge in [0.1, 0.15) is 25.0 Å². The van der Waals surface area contributed by atoms with Crippen LogP contribution in [0, 0.1) is 12.3 Å². The number of anilines is 2. The standard InChI is InChI=1S/C66H87N11O9S/c1-45(68-38-47-11-13-49(14-12-47)62-46(2)69-44-87-62)58-37-54(78)39-77(58)64(81)63(66(3,4)5)73-61(80)43-84-31-27-74-21-18-55(19-22-74)86-56-35-53(36-56)70-60(79)40-76-25-23-75(24-26-76)28-32-85-59-16-15-52-34-51(59)42-83-30-7-6-29-82-41-48-9-8-10-50(33-48)57-17-20-67-65(71-52)72-57/h6-17,20,33-34,44,53-56,58,63,68,78H,1,18-19,21-32,35-43H2,2-5H3,(H,70,79)(H,73,80)(H,67,71,72)/b7-6+/t53?,54-,56?,58+,63-/m1/s1. The van der Waals surface area contributed by atoms with Crippen molar-refractivity contribution < 1.29 is 43.2 Å². The van der Waals surface area contributed by atoms with Crippen LogP contribution in [0.5, 0.6) is 5.75 Å². The number of hydrogen-bond donors (Lipinski definition) is 5. The van der Waals surface area contributed by atoms with Gasteiger partial charge in [-0.25, -0.2) is 15.0 Å². The number of β-amino-alcohol motifs (C(OH)–C–C–N with tert-alkyl or cyclic N) is 1. The highest BCUT2D eigenvalue weighted by Gasteiger charge is 2.43. The minimum absolute atomic E-state index is 0.0643. The van der Waals surface area contributed by atoms with E-state index in [0.29, 0.717) is 77.3 Å². The summed E-state index contributed by atoms with van der Waals surface area (Å²) in [7, 11) is 0. The summed E-state index contributed by atoms with van der Waals surface area (Å²) in [5.41, 5.74) is 9.73. The van der Waals surface area contributed by atoms with Crippen LogP contribution in [-0.2, 0) is 53.1 Å². The van der Waals surface area contributed by atoms with Crippen molar-refractivity contribution in [3.05, 3.63) is 131 Å². The number of piperidine rings is 1. The van der Waals surface area contributed by atoms with Crippen molar-refractivity contribution in [2.24, 2.45) is 5.41 Å². The van der Waals surface area contributed by atoms with E-state index in [1.807, 2.05) is 87.8 Å². The number of rotatable bonds is 21. The Morgan fingerprint density at radius 2 is 1.59 bits per heavy atom. The van der Waals surface area contributed by atoms with Gasteiger partial charge in [0.05, 0.1) is 85.7 Å². The monoisotopic (exact) mass is 1210 g/mol. The zero-order valence-electron chi connectivity index (χ0n) is 50.9. The van der Waals surface area contributed by atoms with E-state index < -0.39 is 23.6 Å². The van der Waals surface area contributed by atoms with E-state index in [0.717, 1.165) is 127 Å². The third kappa shape index (κ3) is 18.2. The maximum atomic E-state index is 14.2. The number of likely N-dealkylation sites (tertiary alicyclic amines) is 2. The normalized spacial score (nSPS) is 21.6. The van der Waals surface area contributed by atoms with Gasteiger partial charge >= 0.3 is 0 Å². The van der Waals surface area contributed by atoms with E-state index in [-0.39, 0.29) is 49.1 Å². The SMILES string of the molecule is C=C(NCc1ccc(-c2scnc2C)cc1)[C@@H]1C[C@@H](O)CN1C(=O)[C@@H](NC(=O)COCCN1CCC(OC2CC(NC(=O)CN3CCN(CCOc4ccc5cc4COC/C=C/COCc4cccc(c4)-c4ccnc(n4)N5)CC3)C2)CC1)C(C)(C)C. The Morgan fingerprint density at radius 1 is 0.839 bits per heavy atom. The Morgan fingerprint density at radius 3 is 2.34 bits per heavy atom. The van der Waals surface area contributed by atoms with Crippen molar-refractivity contribution in [1.82, 2.24) is 50.5 Å². The first-order valence-electron chi connectivity index (χ1n) is 30.8. The summed E-state index contributed by atoms with van der Waals surface area (Å²) in [6.07, 6.45) is 9.16. The highest BCUT2D eigenvalue weighted by atomic mass is 32.1. The maximum absolute atomic E-state index is 14.2. The minimum Gasteiger partial charge on any atom is -0.492 e. The van der Waals surface area contributed by atoms with Gasteiger partial charge in [0, 0.05) is 107 Å². The lowest BCUT2D eigenvalue weighted by molar-refractivity contribution is -0.141. The highest BCUT2D eigenvalue weighted by molar-refractivity contribution is 7.13. The van der Waals surface area contributed by atoms with Crippen molar-refractivity contribution in [2.75, 3.05) is 104 Å². The Labute approximate surface area is 516 Å². The van der Waals surface area contributed by atoms with E-state index in [1.165, 1.54) is 0 Å². The second-order valence-electron chi connectivity index (χ2n) is 24.6. The summed E-state index contributed by atoms with van der Waals surface area (Å²) in [6.45, 7) is 22.2. The molecule has 6 bridgehead atoms. The fraction of sp³-hybridized carbons (Fsp3) is 0.515. The topological polar surface area (TPSA) is 217 Å². The summed E-state index contributed by atoms with van der Waals surface area (Å²) < 4.78 is 30.7. The van der Waals surface area contributed by atoms with Crippen LogP contribution in [0.25, 0.3) is 21.7 Å². The van der Waals surface area contributed by atoms with Crippen molar-refractivity contribution in [2.45, 2.75) is 116 Å². The molecular formula is C66H87N11O9S. The van der Waals surface area contributed by atoms with Crippen LogP contribution in [0.4, 0.5) is 11.6 Å². The van der Waals surface area contributed by atoms with Crippen molar-refractivity contribution in [3.63, 3.8) is 0 Å². The number of carbonyl (C=O) groups is 3. The van der Waals surface area contributed by atoms with Gasteiger partial charge in [-0.1, -0.05) is 82.0 Å². The number of nitrogens with zero attached hydrogens (tertiary/aromatic N) is 7. The Hall–Kier alpha value is -6.66. The molecule has 5 aliphatic rings. The van der Waals surface area contributed by atoms with Crippen molar-refractivity contribution in [1.29, 1.82) is 0 Å². The molecule has 0 radical (unpaired) electrons. The number of piperazine rings is 1. The quantitative estimate of drug-likeness (QED) is 0.0375. The molecule has 4 aliphatic heterocycles. The number of amides is 3. The number of aliphatic hydroxyl groups excluding tert-OH is 1. The largest absolute Gasteiger partial charge is 0.492 e.